The van der Waals surface area contributed by atoms with E-state index in [0.717, 1.165) is 38.8 Å². The summed E-state index contributed by atoms with van der Waals surface area (Å²) >= 11 is 0. The third-order valence-corrected chi connectivity index (χ3v) is 4.10. The number of carbonyl (C=O) groups excluding carboxylic acids is 2. The topological polar surface area (TPSA) is 46.6 Å². The molecule has 0 amide bonds. The fourth-order valence-corrected chi connectivity index (χ4v) is 2.98. The first-order valence-corrected chi connectivity index (χ1v) is 6.54. The van der Waals surface area contributed by atoms with Crippen LogP contribution in [0.3, 0.4) is 0 Å². The zero-order valence-corrected chi connectivity index (χ0v) is 10.5. The Morgan fingerprint density at radius 1 is 1.18 bits per heavy atom. The first-order chi connectivity index (χ1) is 8.20. The average Bonchev–Trinajstić information content (AvgIpc) is 2.39. The molecule has 0 radical (unpaired) electrons. The molecule has 96 valence electrons. The molecule has 0 aromatic heterocycles. The van der Waals surface area contributed by atoms with Crippen molar-refractivity contribution < 1.29 is 14.3 Å². The van der Waals surface area contributed by atoms with E-state index in [9.17, 15) is 9.59 Å². The Hall–Kier alpha value is -0.900. The van der Waals surface area contributed by atoms with Crippen molar-refractivity contribution in [2.24, 2.45) is 5.92 Å². The number of methoxy groups -OCH3 is 1. The molecule has 2 rings (SSSR count). The van der Waals surface area contributed by atoms with Crippen molar-refractivity contribution in [3.63, 3.8) is 0 Å². The molecule has 1 saturated carbocycles. The summed E-state index contributed by atoms with van der Waals surface area (Å²) in [6, 6.07) is 0.573. The minimum absolute atomic E-state index is 0.0581. The molecule has 0 N–H and O–H groups in total. The van der Waals surface area contributed by atoms with Gasteiger partial charge in [0, 0.05) is 32.0 Å². The maximum absolute atomic E-state index is 11.4. The highest BCUT2D eigenvalue weighted by atomic mass is 16.5. The van der Waals surface area contributed by atoms with Crippen LogP contribution in [0.15, 0.2) is 0 Å². The van der Waals surface area contributed by atoms with Gasteiger partial charge in [0.1, 0.15) is 5.78 Å². The van der Waals surface area contributed by atoms with Gasteiger partial charge in [-0.2, -0.15) is 0 Å². The lowest BCUT2D eigenvalue weighted by molar-refractivity contribution is -0.146. The molecule has 0 unspecified atom stereocenters. The van der Waals surface area contributed by atoms with Gasteiger partial charge in [-0.3, -0.25) is 14.5 Å². The number of rotatable bonds is 2. The molecule has 4 heteroatoms. The van der Waals surface area contributed by atoms with E-state index in [0.29, 0.717) is 24.7 Å². The molecule has 0 bridgehead atoms. The van der Waals surface area contributed by atoms with Crippen LogP contribution < -0.4 is 0 Å². The number of Topliss-reactive ketones (excluding diaryl/α,β-unsaturated/α-hetero) is 1. The van der Waals surface area contributed by atoms with E-state index >= 15 is 0 Å². The number of likely N-dealkylation sites (tertiary alicyclic amines) is 1. The average molecular weight is 239 g/mol. The fourth-order valence-electron chi connectivity index (χ4n) is 2.98. The van der Waals surface area contributed by atoms with Crippen LogP contribution in [0.4, 0.5) is 0 Å². The maximum atomic E-state index is 11.4. The monoisotopic (exact) mass is 239 g/mol. The smallest absolute Gasteiger partial charge is 0.308 e. The summed E-state index contributed by atoms with van der Waals surface area (Å²) in [5.41, 5.74) is 0. The molecular formula is C13H21NO3. The summed E-state index contributed by atoms with van der Waals surface area (Å²) in [6.07, 6.45) is 5.40. The Morgan fingerprint density at radius 3 is 2.29 bits per heavy atom. The first kappa shape index (κ1) is 12.6. The minimum Gasteiger partial charge on any atom is -0.469 e. The molecular weight excluding hydrogens is 218 g/mol. The maximum Gasteiger partial charge on any atom is 0.308 e. The summed E-state index contributed by atoms with van der Waals surface area (Å²) in [6.45, 7) is 1.82. The predicted octanol–water partition coefficient (Wildman–Crippen LogP) is 1.38. The van der Waals surface area contributed by atoms with E-state index in [2.05, 4.69) is 4.90 Å². The zero-order chi connectivity index (χ0) is 12.3. The van der Waals surface area contributed by atoms with Crippen LogP contribution in [-0.2, 0) is 14.3 Å². The van der Waals surface area contributed by atoms with Gasteiger partial charge in [-0.25, -0.2) is 0 Å². The highest BCUT2D eigenvalue weighted by molar-refractivity contribution is 5.79. The van der Waals surface area contributed by atoms with E-state index in [1.807, 2.05) is 0 Å². The second-order valence-corrected chi connectivity index (χ2v) is 5.10. The summed E-state index contributed by atoms with van der Waals surface area (Å²) in [5.74, 6) is 0.435. The Labute approximate surface area is 102 Å². The molecule has 0 atom stereocenters. The van der Waals surface area contributed by atoms with Crippen LogP contribution in [0.5, 0.6) is 0 Å². The SMILES string of the molecule is COC(=O)C1CCC(N2CCC(=O)CC2)CC1. The molecule has 0 aromatic carbocycles. The molecule has 1 aliphatic carbocycles. The lowest BCUT2D eigenvalue weighted by Gasteiger charge is -2.37. The van der Waals surface area contributed by atoms with Gasteiger partial charge >= 0.3 is 5.97 Å². The highest BCUT2D eigenvalue weighted by Gasteiger charge is 2.31. The second kappa shape index (κ2) is 5.63. The van der Waals surface area contributed by atoms with Gasteiger partial charge in [-0.05, 0) is 25.7 Å². The molecule has 1 aliphatic heterocycles. The zero-order valence-electron chi connectivity index (χ0n) is 10.5. The van der Waals surface area contributed by atoms with Gasteiger partial charge in [0.15, 0.2) is 0 Å². The van der Waals surface area contributed by atoms with Crippen LogP contribution in [0.1, 0.15) is 38.5 Å². The molecule has 4 nitrogen and oxygen atoms in total. The van der Waals surface area contributed by atoms with Gasteiger partial charge in [-0.1, -0.05) is 0 Å². The molecule has 1 saturated heterocycles. The number of esters is 1. The van der Waals surface area contributed by atoms with Crippen molar-refractivity contribution in [2.75, 3.05) is 20.2 Å². The Bertz CT molecular complexity index is 285. The van der Waals surface area contributed by atoms with E-state index in [1.165, 1.54) is 7.11 Å². The van der Waals surface area contributed by atoms with Crippen LogP contribution in [0, 0.1) is 5.92 Å². The standard InChI is InChI=1S/C13H21NO3/c1-17-13(16)10-2-4-11(5-3-10)14-8-6-12(15)7-9-14/h10-11H,2-9H2,1H3. The molecule has 1 heterocycles. The van der Waals surface area contributed by atoms with E-state index < -0.39 is 0 Å². The van der Waals surface area contributed by atoms with Crippen molar-refractivity contribution in [2.45, 2.75) is 44.6 Å². The van der Waals surface area contributed by atoms with Gasteiger partial charge in [0.25, 0.3) is 0 Å². The molecule has 2 fully saturated rings. The first-order valence-electron chi connectivity index (χ1n) is 6.54. The number of ether oxygens (including phenoxy) is 1. The predicted molar refractivity (Wildman–Crippen MR) is 63.6 cm³/mol. The number of hydrogen-bond donors (Lipinski definition) is 0. The van der Waals surface area contributed by atoms with Crippen LogP contribution in [0.25, 0.3) is 0 Å². The van der Waals surface area contributed by atoms with E-state index in [-0.39, 0.29) is 11.9 Å². The molecule has 2 aliphatic rings. The van der Waals surface area contributed by atoms with Gasteiger partial charge in [-0.15, -0.1) is 0 Å². The minimum atomic E-state index is -0.0581. The Morgan fingerprint density at radius 2 is 1.76 bits per heavy atom. The molecule has 0 spiro atoms. The Kier molecular flexibility index (Phi) is 4.15. The number of piperidine rings is 1. The van der Waals surface area contributed by atoms with Crippen molar-refractivity contribution in [3.05, 3.63) is 0 Å². The molecule has 17 heavy (non-hydrogen) atoms. The third-order valence-electron chi connectivity index (χ3n) is 4.10. The largest absolute Gasteiger partial charge is 0.469 e. The van der Waals surface area contributed by atoms with Gasteiger partial charge in [0.2, 0.25) is 0 Å². The van der Waals surface area contributed by atoms with Crippen LogP contribution >= 0.6 is 0 Å². The number of ketones is 1. The summed E-state index contributed by atoms with van der Waals surface area (Å²) < 4.78 is 4.79. The lowest BCUT2D eigenvalue weighted by Crippen LogP contribution is -2.43. The highest BCUT2D eigenvalue weighted by Crippen LogP contribution is 2.29. The number of hydrogen-bond acceptors (Lipinski definition) is 4. The quantitative estimate of drug-likeness (QED) is 0.683. The summed E-state index contributed by atoms with van der Waals surface area (Å²) in [7, 11) is 1.46. The van der Waals surface area contributed by atoms with E-state index in [1.54, 1.807) is 0 Å². The fraction of sp³-hybridized carbons (Fsp3) is 0.846. The van der Waals surface area contributed by atoms with Crippen molar-refractivity contribution in [3.8, 4) is 0 Å². The van der Waals surface area contributed by atoms with Gasteiger partial charge < -0.3 is 4.74 Å². The number of carbonyl (C=O) groups is 2. The summed E-state index contributed by atoms with van der Waals surface area (Å²) in [5, 5.41) is 0. The lowest BCUT2D eigenvalue weighted by atomic mass is 9.84. The van der Waals surface area contributed by atoms with Crippen molar-refractivity contribution in [1.82, 2.24) is 4.90 Å². The second-order valence-electron chi connectivity index (χ2n) is 5.10. The van der Waals surface area contributed by atoms with E-state index in [4.69, 9.17) is 4.74 Å². The van der Waals surface area contributed by atoms with Crippen molar-refractivity contribution >= 4 is 11.8 Å². The normalized spacial score (nSPS) is 31.2. The summed E-state index contributed by atoms with van der Waals surface area (Å²) in [4.78, 5) is 25.0. The third kappa shape index (κ3) is 3.06. The number of nitrogens with zero attached hydrogens (tertiary/aromatic N) is 1. The van der Waals surface area contributed by atoms with Crippen LogP contribution in [0.2, 0.25) is 0 Å². The van der Waals surface area contributed by atoms with Crippen LogP contribution in [-0.4, -0.2) is 42.9 Å². The molecule has 0 aromatic rings. The van der Waals surface area contributed by atoms with Gasteiger partial charge in [0.05, 0.1) is 13.0 Å². The Balaban J connectivity index is 1.79. The van der Waals surface area contributed by atoms with Crippen molar-refractivity contribution in [1.29, 1.82) is 0 Å².